The van der Waals surface area contributed by atoms with Gasteiger partial charge in [-0.1, -0.05) is 55.8 Å². The molecule has 0 atom stereocenters. The summed E-state index contributed by atoms with van der Waals surface area (Å²) in [6.07, 6.45) is 6.88. The molecular weight excluding hydrogens is 394 g/mol. The van der Waals surface area contributed by atoms with Gasteiger partial charge in [0.05, 0.1) is 13.2 Å². The molecule has 0 amide bonds. The van der Waals surface area contributed by atoms with Crippen molar-refractivity contribution in [3.8, 4) is 11.1 Å². The van der Waals surface area contributed by atoms with Crippen molar-refractivity contribution < 1.29 is 18.3 Å². The molecule has 0 radical (unpaired) electrons. The van der Waals surface area contributed by atoms with E-state index in [2.05, 4.69) is 6.58 Å². The fourth-order valence-electron chi connectivity index (χ4n) is 4.86. The Balaban J connectivity index is 1.41. The molecule has 1 aliphatic heterocycles. The molecule has 2 aromatic carbocycles. The van der Waals surface area contributed by atoms with Crippen molar-refractivity contribution in [1.82, 2.24) is 0 Å². The molecule has 2 aliphatic rings. The zero-order valence-electron chi connectivity index (χ0n) is 18.3. The van der Waals surface area contributed by atoms with Crippen LogP contribution in [0.3, 0.4) is 0 Å². The average molecular weight is 427 g/mol. The van der Waals surface area contributed by atoms with Crippen LogP contribution >= 0.6 is 0 Å². The molecule has 1 saturated heterocycles. The smallest absolute Gasteiger partial charge is 0.184 e. The lowest BCUT2D eigenvalue weighted by Gasteiger charge is -2.34. The first-order chi connectivity index (χ1) is 15.0. The number of rotatable bonds is 6. The molecule has 2 nitrogen and oxygen atoms in total. The van der Waals surface area contributed by atoms with Crippen LogP contribution < -0.4 is 0 Å². The third kappa shape index (κ3) is 5.07. The highest BCUT2D eigenvalue weighted by Crippen LogP contribution is 2.38. The van der Waals surface area contributed by atoms with Crippen molar-refractivity contribution in [3.63, 3.8) is 0 Å². The quantitative estimate of drug-likeness (QED) is 0.445. The third-order valence-electron chi connectivity index (χ3n) is 6.75. The van der Waals surface area contributed by atoms with E-state index in [0.717, 1.165) is 54.4 Å². The lowest BCUT2D eigenvalue weighted by atomic mass is 9.78. The highest BCUT2D eigenvalue weighted by atomic mass is 19.1. The van der Waals surface area contributed by atoms with E-state index >= 15 is 0 Å². The van der Waals surface area contributed by atoms with Gasteiger partial charge in [0.15, 0.2) is 12.0 Å². The maximum Gasteiger partial charge on any atom is 0.184 e. The van der Waals surface area contributed by atoms with E-state index in [1.807, 2.05) is 49.4 Å². The summed E-state index contributed by atoms with van der Waals surface area (Å²) in [7, 11) is 0. The van der Waals surface area contributed by atoms with Crippen molar-refractivity contribution in [1.29, 1.82) is 0 Å². The number of alkyl halides is 1. The Labute approximate surface area is 184 Å². The van der Waals surface area contributed by atoms with Gasteiger partial charge in [-0.05, 0) is 66.7 Å². The van der Waals surface area contributed by atoms with Gasteiger partial charge in [0.25, 0.3) is 0 Å². The molecule has 4 heteroatoms. The summed E-state index contributed by atoms with van der Waals surface area (Å²) in [5.41, 5.74) is 2.07. The van der Waals surface area contributed by atoms with Gasteiger partial charge in [-0.15, -0.1) is 6.58 Å². The van der Waals surface area contributed by atoms with Crippen molar-refractivity contribution >= 4 is 0 Å². The molecule has 166 valence electrons. The Kier molecular flexibility index (Phi) is 6.88. The first-order valence-electron chi connectivity index (χ1n) is 11.5. The fraction of sp³-hybridized carbons (Fsp3) is 0.481. The average Bonchev–Trinajstić information content (AvgIpc) is 2.80. The van der Waals surface area contributed by atoms with Gasteiger partial charge in [0.1, 0.15) is 5.82 Å². The van der Waals surface area contributed by atoms with Gasteiger partial charge < -0.3 is 9.47 Å². The second-order valence-corrected chi connectivity index (χ2v) is 9.06. The Morgan fingerprint density at radius 1 is 1.00 bits per heavy atom. The standard InChI is InChI=1S/C27H32F2O2/c1-3-15-27(29)17-30-26(31-18-27)22-11-9-20(10-12-22)23-13-14-24(25(28)16-23)21-7-5-19(4-2)6-8-21/h4,9-14,16,19,21,26H,2-3,5-8,15,17-18H2,1H3. The summed E-state index contributed by atoms with van der Waals surface area (Å²) in [6, 6.07) is 13.3. The van der Waals surface area contributed by atoms with Gasteiger partial charge in [-0.3, -0.25) is 0 Å². The third-order valence-corrected chi connectivity index (χ3v) is 6.75. The summed E-state index contributed by atoms with van der Waals surface area (Å²) in [5.74, 6) is 0.739. The van der Waals surface area contributed by atoms with Crippen molar-refractivity contribution in [3.05, 3.63) is 72.1 Å². The number of ether oxygens (including phenoxy) is 2. The van der Waals surface area contributed by atoms with Crippen LogP contribution in [0, 0.1) is 11.7 Å². The van der Waals surface area contributed by atoms with E-state index in [1.54, 1.807) is 6.07 Å². The van der Waals surface area contributed by atoms with Gasteiger partial charge in [-0.2, -0.15) is 0 Å². The zero-order valence-corrected chi connectivity index (χ0v) is 18.3. The lowest BCUT2D eigenvalue weighted by Crippen LogP contribution is -2.41. The van der Waals surface area contributed by atoms with E-state index in [-0.39, 0.29) is 19.0 Å². The summed E-state index contributed by atoms with van der Waals surface area (Å²) in [6.45, 7) is 5.94. The van der Waals surface area contributed by atoms with Crippen LogP contribution in [-0.2, 0) is 9.47 Å². The summed E-state index contributed by atoms with van der Waals surface area (Å²) < 4.78 is 40.7. The molecular formula is C27H32F2O2. The molecule has 0 aromatic heterocycles. The Morgan fingerprint density at radius 2 is 1.65 bits per heavy atom. The highest BCUT2D eigenvalue weighted by molar-refractivity contribution is 5.64. The maximum atomic E-state index is 14.9. The first-order valence-corrected chi connectivity index (χ1v) is 11.5. The van der Waals surface area contributed by atoms with Crippen LogP contribution in [-0.4, -0.2) is 18.9 Å². The Bertz CT molecular complexity index is 877. The molecule has 4 rings (SSSR count). The molecule has 1 aliphatic carbocycles. The molecule has 2 aromatic rings. The first kappa shape index (κ1) is 22.2. The molecule has 31 heavy (non-hydrogen) atoms. The van der Waals surface area contributed by atoms with Crippen LogP contribution in [0.4, 0.5) is 8.78 Å². The summed E-state index contributed by atoms with van der Waals surface area (Å²) in [5, 5.41) is 0. The van der Waals surface area contributed by atoms with Gasteiger partial charge in [0, 0.05) is 5.56 Å². The van der Waals surface area contributed by atoms with Crippen molar-refractivity contribution in [2.45, 2.75) is 63.3 Å². The molecule has 2 fully saturated rings. The van der Waals surface area contributed by atoms with E-state index in [1.165, 1.54) is 0 Å². The lowest BCUT2D eigenvalue weighted by molar-refractivity contribution is -0.238. The molecule has 0 N–H and O–H groups in total. The SMILES string of the molecule is C=CC1CCC(c2ccc(-c3ccc(C4OCC(F)(CCC)CO4)cc3)cc2F)CC1. The van der Waals surface area contributed by atoms with Crippen LogP contribution in [0.25, 0.3) is 11.1 Å². The molecule has 0 spiro atoms. The molecule has 0 unspecified atom stereocenters. The minimum absolute atomic E-state index is 0.0502. The predicted molar refractivity (Wildman–Crippen MR) is 120 cm³/mol. The number of allylic oxidation sites excluding steroid dienone is 1. The zero-order chi connectivity index (χ0) is 21.8. The second kappa shape index (κ2) is 9.62. The van der Waals surface area contributed by atoms with E-state index in [4.69, 9.17) is 9.47 Å². The number of halogens is 2. The van der Waals surface area contributed by atoms with E-state index < -0.39 is 12.0 Å². The van der Waals surface area contributed by atoms with Gasteiger partial charge >= 0.3 is 0 Å². The van der Waals surface area contributed by atoms with Crippen molar-refractivity contribution in [2.24, 2.45) is 5.92 Å². The van der Waals surface area contributed by atoms with Gasteiger partial charge in [0.2, 0.25) is 0 Å². The Morgan fingerprint density at radius 3 is 2.23 bits per heavy atom. The predicted octanol–water partition coefficient (Wildman–Crippen LogP) is 7.51. The highest BCUT2D eigenvalue weighted by Gasteiger charge is 2.36. The molecule has 0 bridgehead atoms. The van der Waals surface area contributed by atoms with E-state index in [0.29, 0.717) is 18.3 Å². The normalized spacial score (nSPS) is 28.9. The second-order valence-electron chi connectivity index (χ2n) is 9.06. The summed E-state index contributed by atoms with van der Waals surface area (Å²) >= 11 is 0. The van der Waals surface area contributed by atoms with Crippen LogP contribution in [0.15, 0.2) is 55.1 Å². The topological polar surface area (TPSA) is 18.5 Å². The number of benzene rings is 2. The van der Waals surface area contributed by atoms with Crippen molar-refractivity contribution in [2.75, 3.05) is 13.2 Å². The molecule has 1 saturated carbocycles. The van der Waals surface area contributed by atoms with Gasteiger partial charge in [-0.25, -0.2) is 8.78 Å². The number of hydrogen-bond acceptors (Lipinski definition) is 2. The van der Waals surface area contributed by atoms with Crippen LogP contribution in [0.5, 0.6) is 0 Å². The Hall–Kier alpha value is -2.04. The van der Waals surface area contributed by atoms with Crippen LogP contribution in [0.1, 0.15) is 68.8 Å². The minimum atomic E-state index is -1.39. The largest absolute Gasteiger partial charge is 0.345 e. The van der Waals surface area contributed by atoms with Crippen LogP contribution in [0.2, 0.25) is 0 Å². The summed E-state index contributed by atoms with van der Waals surface area (Å²) in [4.78, 5) is 0. The molecule has 1 heterocycles. The maximum absolute atomic E-state index is 14.9. The monoisotopic (exact) mass is 426 g/mol. The van der Waals surface area contributed by atoms with E-state index in [9.17, 15) is 8.78 Å². The minimum Gasteiger partial charge on any atom is -0.345 e. The number of hydrogen-bond donors (Lipinski definition) is 0. The fourth-order valence-corrected chi connectivity index (χ4v) is 4.86.